The Kier molecular flexibility index (Phi) is 6.67. The van der Waals surface area contributed by atoms with Gasteiger partial charge >= 0.3 is 0 Å². The first-order valence-electron chi connectivity index (χ1n) is 9.69. The van der Waals surface area contributed by atoms with E-state index < -0.39 is 0 Å². The molecule has 0 bridgehead atoms. The van der Waals surface area contributed by atoms with E-state index in [0.717, 1.165) is 22.4 Å². The molecule has 0 saturated heterocycles. The summed E-state index contributed by atoms with van der Waals surface area (Å²) in [4.78, 5) is 13.5. The highest BCUT2D eigenvalue weighted by atomic mass is 16.5. The number of nitrogens with zero attached hydrogens (tertiary/aromatic N) is 2. The van der Waals surface area contributed by atoms with Crippen molar-refractivity contribution in [3.8, 4) is 11.8 Å². The summed E-state index contributed by atoms with van der Waals surface area (Å²) in [7, 11) is 3.25. The first-order chi connectivity index (χ1) is 14.5. The summed E-state index contributed by atoms with van der Waals surface area (Å²) in [5.74, 6) is 0.442. The molecule has 0 radical (unpaired) electrons. The van der Waals surface area contributed by atoms with Gasteiger partial charge in [0, 0.05) is 14.1 Å². The van der Waals surface area contributed by atoms with E-state index in [1.165, 1.54) is 15.7 Å². The zero-order valence-corrected chi connectivity index (χ0v) is 17.3. The van der Waals surface area contributed by atoms with E-state index in [-0.39, 0.29) is 11.5 Å². The number of rotatable bonds is 7. The SMILES string of the molecule is C=CCc1cc(/C=C(/C#N)C(=O)N(C)C)ccc1OCc1ccc2ccccc2c1. The van der Waals surface area contributed by atoms with Gasteiger partial charge in [-0.05, 0) is 58.2 Å². The number of carbonyl (C=O) groups is 1. The third-order valence-corrected chi connectivity index (χ3v) is 4.73. The standard InChI is InChI=1S/C26H24N2O2/c1-4-7-23-14-19(15-24(17-27)26(29)28(2)3)11-13-25(23)30-18-20-10-12-21-8-5-6-9-22(21)16-20/h4-6,8-16H,1,7,18H2,2-3H3/b24-15-. The van der Waals surface area contributed by atoms with E-state index in [1.807, 2.05) is 42.5 Å². The van der Waals surface area contributed by atoms with Crippen LogP contribution < -0.4 is 4.74 Å². The number of nitriles is 1. The largest absolute Gasteiger partial charge is 0.489 e. The Morgan fingerprint density at radius 2 is 1.87 bits per heavy atom. The molecule has 0 unspecified atom stereocenters. The molecule has 4 heteroatoms. The van der Waals surface area contributed by atoms with Gasteiger partial charge in [-0.25, -0.2) is 0 Å². The number of ether oxygens (including phenoxy) is 1. The van der Waals surface area contributed by atoms with Gasteiger partial charge in [0.25, 0.3) is 5.91 Å². The van der Waals surface area contributed by atoms with Gasteiger partial charge in [0.2, 0.25) is 0 Å². The number of likely N-dealkylation sites (N-methyl/N-ethyl adjacent to an activating group) is 1. The minimum Gasteiger partial charge on any atom is -0.489 e. The van der Waals surface area contributed by atoms with Gasteiger partial charge in [0.15, 0.2) is 0 Å². The molecule has 0 N–H and O–H groups in total. The number of amides is 1. The van der Waals surface area contributed by atoms with Crippen molar-refractivity contribution < 1.29 is 9.53 Å². The van der Waals surface area contributed by atoms with Crippen LogP contribution in [0.4, 0.5) is 0 Å². The van der Waals surface area contributed by atoms with Crippen LogP contribution in [0.1, 0.15) is 16.7 Å². The van der Waals surface area contributed by atoms with Crippen LogP contribution in [0.5, 0.6) is 5.75 Å². The fraction of sp³-hybridized carbons (Fsp3) is 0.154. The summed E-state index contributed by atoms with van der Waals surface area (Å²) in [6.45, 7) is 4.27. The van der Waals surface area contributed by atoms with Crippen LogP contribution in [-0.2, 0) is 17.8 Å². The number of benzene rings is 3. The summed E-state index contributed by atoms with van der Waals surface area (Å²) in [5.41, 5.74) is 2.91. The van der Waals surface area contributed by atoms with Crippen LogP contribution in [0.25, 0.3) is 16.8 Å². The Morgan fingerprint density at radius 3 is 2.57 bits per heavy atom. The number of hydrogen-bond donors (Lipinski definition) is 0. The van der Waals surface area contributed by atoms with Crippen LogP contribution in [0.2, 0.25) is 0 Å². The topological polar surface area (TPSA) is 53.3 Å². The van der Waals surface area contributed by atoms with E-state index in [4.69, 9.17) is 4.74 Å². The quantitative estimate of drug-likeness (QED) is 0.316. The Hall–Kier alpha value is -3.84. The van der Waals surface area contributed by atoms with Gasteiger partial charge < -0.3 is 9.64 Å². The lowest BCUT2D eigenvalue weighted by Gasteiger charge is -2.13. The van der Waals surface area contributed by atoms with Crippen LogP contribution in [0.3, 0.4) is 0 Å². The molecule has 0 aliphatic carbocycles. The zero-order valence-electron chi connectivity index (χ0n) is 17.3. The van der Waals surface area contributed by atoms with Gasteiger partial charge in [-0.1, -0.05) is 48.5 Å². The molecule has 0 heterocycles. The third-order valence-electron chi connectivity index (χ3n) is 4.73. The van der Waals surface area contributed by atoms with Gasteiger partial charge in [-0.15, -0.1) is 6.58 Å². The highest BCUT2D eigenvalue weighted by Gasteiger charge is 2.12. The third kappa shape index (κ3) is 4.95. The molecule has 0 aliphatic heterocycles. The van der Waals surface area contributed by atoms with Gasteiger partial charge in [-0.3, -0.25) is 4.79 Å². The van der Waals surface area contributed by atoms with Crippen LogP contribution in [-0.4, -0.2) is 24.9 Å². The fourth-order valence-corrected chi connectivity index (χ4v) is 3.18. The maximum Gasteiger partial charge on any atom is 0.264 e. The molecule has 0 aliphatic rings. The zero-order chi connectivity index (χ0) is 21.5. The average molecular weight is 396 g/mol. The van der Waals surface area contributed by atoms with E-state index in [9.17, 15) is 10.1 Å². The number of allylic oxidation sites excluding steroid dienone is 1. The van der Waals surface area contributed by atoms with Crippen molar-refractivity contribution in [3.63, 3.8) is 0 Å². The molecule has 0 spiro atoms. The fourth-order valence-electron chi connectivity index (χ4n) is 3.18. The van der Waals surface area contributed by atoms with Crippen molar-refractivity contribution in [2.75, 3.05) is 14.1 Å². The number of hydrogen-bond acceptors (Lipinski definition) is 3. The molecule has 150 valence electrons. The second kappa shape index (κ2) is 9.58. The van der Waals surface area contributed by atoms with Gasteiger partial charge in [0.05, 0.1) is 0 Å². The van der Waals surface area contributed by atoms with E-state index >= 15 is 0 Å². The van der Waals surface area contributed by atoms with Crippen LogP contribution in [0, 0.1) is 11.3 Å². The summed E-state index contributed by atoms with van der Waals surface area (Å²) in [5, 5.41) is 11.7. The Balaban J connectivity index is 1.83. The first kappa shape index (κ1) is 20.9. The summed E-state index contributed by atoms with van der Waals surface area (Å²) >= 11 is 0. The van der Waals surface area contributed by atoms with Crippen molar-refractivity contribution >= 4 is 22.8 Å². The Bertz CT molecular complexity index is 1150. The minimum absolute atomic E-state index is 0.0920. The molecule has 0 aromatic heterocycles. The van der Waals surface area contributed by atoms with Crippen molar-refractivity contribution in [2.24, 2.45) is 0 Å². The van der Waals surface area contributed by atoms with E-state index in [1.54, 1.807) is 20.2 Å². The second-order valence-corrected chi connectivity index (χ2v) is 7.20. The predicted molar refractivity (Wildman–Crippen MR) is 121 cm³/mol. The molecular formula is C26H24N2O2. The molecule has 0 fully saturated rings. The average Bonchev–Trinajstić information content (AvgIpc) is 2.76. The van der Waals surface area contributed by atoms with Crippen molar-refractivity contribution in [1.82, 2.24) is 4.90 Å². The van der Waals surface area contributed by atoms with Crippen molar-refractivity contribution in [2.45, 2.75) is 13.0 Å². The summed E-state index contributed by atoms with van der Waals surface area (Å²) < 4.78 is 6.09. The van der Waals surface area contributed by atoms with E-state index in [0.29, 0.717) is 13.0 Å². The lowest BCUT2D eigenvalue weighted by molar-refractivity contribution is -0.124. The molecule has 3 rings (SSSR count). The van der Waals surface area contributed by atoms with E-state index in [2.05, 4.69) is 36.9 Å². The highest BCUT2D eigenvalue weighted by Crippen LogP contribution is 2.25. The molecule has 0 saturated carbocycles. The normalized spacial score (nSPS) is 11.0. The molecule has 3 aromatic rings. The number of carbonyl (C=O) groups excluding carboxylic acids is 1. The molecular weight excluding hydrogens is 372 g/mol. The monoisotopic (exact) mass is 396 g/mol. The highest BCUT2D eigenvalue weighted by molar-refractivity contribution is 6.01. The minimum atomic E-state index is -0.320. The number of fused-ring (bicyclic) bond motifs is 1. The first-order valence-corrected chi connectivity index (χ1v) is 9.69. The van der Waals surface area contributed by atoms with Crippen LogP contribution in [0.15, 0.2) is 78.9 Å². The van der Waals surface area contributed by atoms with Crippen molar-refractivity contribution in [1.29, 1.82) is 5.26 Å². The Labute approximate surface area is 177 Å². The summed E-state index contributed by atoms with van der Waals surface area (Å²) in [6, 6.07) is 22.2. The smallest absolute Gasteiger partial charge is 0.264 e. The lowest BCUT2D eigenvalue weighted by atomic mass is 10.0. The van der Waals surface area contributed by atoms with Gasteiger partial charge in [-0.2, -0.15) is 5.26 Å². The molecule has 0 atom stereocenters. The Morgan fingerprint density at radius 1 is 1.10 bits per heavy atom. The maximum absolute atomic E-state index is 12.1. The summed E-state index contributed by atoms with van der Waals surface area (Å²) in [6.07, 6.45) is 4.03. The lowest BCUT2D eigenvalue weighted by Crippen LogP contribution is -2.22. The van der Waals surface area contributed by atoms with Crippen molar-refractivity contribution in [3.05, 3.63) is 95.6 Å². The molecule has 1 amide bonds. The second-order valence-electron chi connectivity index (χ2n) is 7.20. The molecule has 30 heavy (non-hydrogen) atoms. The van der Waals surface area contributed by atoms with Crippen LogP contribution >= 0.6 is 0 Å². The molecule has 3 aromatic carbocycles. The molecule has 4 nitrogen and oxygen atoms in total. The van der Waals surface area contributed by atoms with Gasteiger partial charge in [0.1, 0.15) is 24.0 Å². The predicted octanol–water partition coefficient (Wildman–Crippen LogP) is 5.14. The maximum atomic E-state index is 12.1.